The van der Waals surface area contributed by atoms with Crippen molar-refractivity contribution < 1.29 is 45.7 Å². The summed E-state index contributed by atoms with van der Waals surface area (Å²) in [5.74, 6) is -4.82. The van der Waals surface area contributed by atoms with Crippen molar-refractivity contribution in [1.82, 2.24) is 4.98 Å². The lowest BCUT2D eigenvalue weighted by molar-refractivity contribution is -0.276. The van der Waals surface area contributed by atoms with E-state index in [1.54, 1.807) is 0 Å². The molecule has 0 saturated heterocycles. The van der Waals surface area contributed by atoms with Crippen LogP contribution in [0.1, 0.15) is 16.1 Å². The van der Waals surface area contributed by atoms with Crippen molar-refractivity contribution in [2.24, 2.45) is 0 Å². The average Bonchev–Trinajstić information content (AvgIpc) is 2.25. The predicted molar refractivity (Wildman–Crippen MR) is 49.4 cm³/mol. The van der Waals surface area contributed by atoms with Gasteiger partial charge in [-0.1, -0.05) is 0 Å². The number of nitrogens with zero attached hydrogens (tertiary/aromatic N) is 1. The van der Waals surface area contributed by atoms with Crippen LogP contribution in [0.3, 0.4) is 0 Å². The topological polar surface area (TPSA) is 68.7 Å². The molecule has 1 aromatic rings. The van der Waals surface area contributed by atoms with Crippen molar-refractivity contribution in [3.05, 3.63) is 17.3 Å². The van der Waals surface area contributed by atoms with E-state index in [4.69, 9.17) is 5.11 Å². The molecule has 0 aliphatic heterocycles. The maximum Gasteiger partial charge on any atom is 0.573 e. The van der Waals surface area contributed by atoms with E-state index in [2.05, 4.69) is 14.5 Å². The monoisotopic (exact) mass is 305 g/mol. The average molecular weight is 305 g/mol. The van der Waals surface area contributed by atoms with E-state index in [1.165, 1.54) is 0 Å². The number of carbonyl (C=O) groups is 1. The predicted octanol–water partition coefficient (Wildman–Crippen LogP) is 2.71. The molecule has 1 rings (SSSR count). The van der Waals surface area contributed by atoms with E-state index < -0.39 is 41.4 Å². The Balaban J connectivity index is 3.61. The molecule has 0 unspecified atom stereocenters. The maximum atomic E-state index is 12.6. The fraction of sp³-hybridized carbons (Fsp3) is 0.333. The zero-order valence-corrected chi connectivity index (χ0v) is 9.46. The van der Waals surface area contributed by atoms with Crippen molar-refractivity contribution in [3.8, 4) is 11.6 Å². The van der Waals surface area contributed by atoms with Crippen molar-refractivity contribution >= 4 is 5.97 Å². The molecule has 0 radical (unpaired) electrons. The molecule has 20 heavy (non-hydrogen) atoms. The van der Waals surface area contributed by atoms with Crippen molar-refractivity contribution in [2.45, 2.75) is 12.5 Å². The number of hydrogen-bond donors (Lipinski definition) is 1. The van der Waals surface area contributed by atoms with Crippen molar-refractivity contribution in [2.75, 3.05) is 7.11 Å². The Labute approximate surface area is 106 Å². The molecule has 1 heterocycles. The summed E-state index contributed by atoms with van der Waals surface area (Å²) < 4.78 is 81.6. The van der Waals surface area contributed by atoms with Crippen LogP contribution in [0.15, 0.2) is 6.07 Å². The molecule has 0 saturated carbocycles. The van der Waals surface area contributed by atoms with Crippen LogP contribution in [0.25, 0.3) is 0 Å². The van der Waals surface area contributed by atoms with Gasteiger partial charge in [-0.05, 0) is 0 Å². The number of halogens is 6. The van der Waals surface area contributed by atoms with Gasteiger partial charge in [0.1, 0.15) is 5.56 Å². The smallest absolute Gasteiger partial charge is 0.481 e. The van der Waals surface area contributed by atoms with Crippen LogP contribution in [0.4, 0.5) is 26.3 Å². The van der Waals surface area contributed by atoms with E-state index in [-0.39, 0.29) is 0 Å². The summed E-state index contributed by atoms with van der Waals surface area (Å²) in [5, 5.41) is 8.67. The summed E-state index contributed by atoms with van der Waals surface area (Å²) in [5.41, 5.74) is -3.52. The molecule has 0 aromatic carbocycles. The number of carboxylic acids is 1. The van der Waals surface area contributed by atoms with E-state index in [1.807, 2.05) is 0 Å². The van der Waals surface area contributed by atoms with Gasteiger partial charge in [-0.25, -0.2) is 9.78 Å². The number of methoxy groups -OCH3 is 1. The summed E-state index contributed by atoms with van der Waals surface area (Å²) >= 11 is 0. The minimum atomic E-state index is -5.51. The highest BCUT2D eigenvalue weighted by molar-refractivity contribution is 5.91. The van der Waals surface area contributed by atoms with Crippen LogP contribution in [0, 0.1) is 0 Å². The Kier molecular flexibility index (Phi) is 4.01. The molecular weight excluding hydrogens is 300 g/mol. The second-order valence-electron chi connectivity index (χ2n) is 3.24. The lowest BCUT2D eigenvalue weighted by Gasteiger charge is -2.17. The molecule has 1 N–H and O–H groups in total. The van der Waals surface area contributed by atoms with Gasteiger partial charge in [-0.15, -0.1) is 13.2 Å². The molecule has 5 nitrogen and oxygen atoms in total. The molecular formula is C9H5F6NO4. The molecule has 1 aromatic heterocycles. The van der Waals surface area contributed by atoms with Gasteiger partial charge in [0, 0.05) is 6.07 Å². The van der Waals surface area contributed by atoms with Crippen LogP contribution in [0.2, 0.25) is 0 Å². The maximum absolute atomic E-state index is 12.6. The Hall–Kier alpha value is -2.20. The van der Waals surface area contributed by atoms with Crippen LogP contribution < -0.4 is 9.47 Å². The Morgan fingerprint density at radius 1 is 1.25 bits per heavy atom. The number of pyridine rings is 1. The third-order valence-electron chi connectivity index (χ3n) is 1.88. The normalized spacial score (nSPS) is 12.2. The van der Waals surface area contributed by atoms with Gasteiger partial charge in [0.15, 0.2) is 11.4 Å². The first kappa shape index (κ1) is 15.9. The minimum Gasteiger partial charge on any atom is -0.481 e. The van der Waals surface area contributed by atoms with Gasteiger partial charge in [-0.2, -0.15) is 13.2 Å². The van der Waals surface area contributed by atoms with Gasteiger partial charge in [0.2, 0.25) is 5.88 Å². The molecule has 112 valence electrons. The summed E-state index contributed by atoms with van der Waals surface area (Å²) in [6.07, 6.45) is -10.9. The highest BCUT2D eigenvalue weighted by Crippen LogP contribution is 2.40. The van der Waals surface area contributed by atoms with Crippen molar-refractivity contribution in [3.63, 3.8) is 0 Å². The Bertz CT molecular complexity index is 524. The number of aromatic carboxylic acids is 1. The SMILES string of the molecule is COc1cc(C(=O)O)c(OC(F)(F)F)c(C(F)(F)F)n1. The number of alkyl halides is 6. The lowest BCUT2D eigenvalue weighted by atomic mass is 10.2. The standard InChI is InChI=1S/C9H5F6NO4/c1-19-4-2-3(7(17)18)5(20-9(13,14)15)6(16-4)8(10,11)12/h2H,1H3,(H,17,18). The molecule has 0 aliphatic carbocycles. The number of hydrogen-bond acceptors (Lipinski definition) is 4. The third kappa shape index (κ3) is 3.65. The van der Waals surface area contributed by atoms with Gasteiger partial charge in [0.05, 0.1) is 7.11 Å². The Morgan fingerprint density at radius 3 is 2.15 bits per heavy atom. The first-order valence-electron chi connectivity index (χ1n) is 4.61. The van der Waals surface area contributed by atoms with Crippen molar-refractivity contribution in [1.29, 1.82) is 0 Å². The van der Waals surface area contributed by atoms with E-state index in [9.17, 15) is 31.1 Å². The first-order valence-corrected chi connectivity index (χ1v) is 4.61. The fourth-order valence-corrected chi connectivity index (χ4v) is 1.18. The zero-order chi connectivity index (χ0) is 15.7. The highest BCUT2D eigenvalue weighted by atomic mass is 19.4. The molecule has 11 heteroatoms. The minimum absolute atomic E-state index is 0.388. The first-order chi connectivity index (χ1) is 8.95. The number of rotatable bonds is 3. The largest absolute Gasteiger partial charge is 0.573 e. The molecule has 0 spiro atoms. The number of aromatic nitrogens is 1. The van der Waals surface area contributed by atoms with Gasteiger partial charge in [0.25, 0.3) is 0 Å². The van der Waals surface area contributed by atoms with Crippen LogP contribution in [0.5, 0.6) is 11.6 Å². The summed E-state index contributed by atoms with van der Waals surface area (Å²) in [6.45, 7) is 0. The number of carboxylic acid groups (broad SMARTS) is 1. The number of ether oxygens (including phenoxy) is 2. The Morgan fingerprint density at radius 2 is 1.80 bits per heavy atom. The quantitative estimate of drug-likeness (QED) is 0.870. The molecule has 0 amide bonds. The van der Waals surface area contributed by atoms with E-state index in [0.717, 1.165) is 7.11 Å². The van der Waals surface area contributed by atoms with Gasteiger partial charge < -0.3 is 14.6 Å². The van der Waals surface area contributed by atoms with Crippen LogP contribution in [-0.4, -0.2) is 29.5 Å². The molecule has 0 aliphatic rings. The molecule has 0 atom stereocenters. The molecule has 0 bridgehead atoms. The highest BCUT2D eigenvalue weighted by Gasteiger charge is 2.43. The lowest BCUT2D eigenvalue weighted by Crippen LogP contribution is -2.23. The molecule has 0 fully saturated rings. The summed E-state index contributed by atoms with van der Waals surface area (Å²) in [6, 6.07) is 0.388. The zero-order valence-electron chi connectivity index (χ0n) is 9.46. The summed E-state index contributed by atoms with van der Waals surface area (Å²) in [4.78, 5) is 13.5. The van der Waals surface area contributed by atoms with E-state index >= 15 is 0 Å². The van der Waals surface area contributed by atoms with Gasteiger partial charge in [-0.3, -0.25) is 0 Å². The van der Waals surface area contributed by atoms with Crippen LogP contribution >= 0.6 is 0 Å². The van der Waals surface area contributed by atoms with E-state index in [0.29, 0.717) is 6.07 Å². The second-order valence-corrected chi connectivity index (χ2v) is 3.24. The van der Waals surface area contributed by atoms with Gasteiger partial charge >= 0.3 is 18.5 Å². The summed E-state index contributed by atoms with van der Waals surface area (Å²) in [7, 11) is 0.873. The van der Waals surface area contributed by atoms with Crippen LogP contribution in [-0.2, 0) is 6.18 Å². The fourth-order valence-electron chi connectivity index (χ4n) is 1.18. The third-order valence-corrected chi connectivity index (χ3v) is 1.88. The second kappa shape index (κ2) is 5.06.